The van der Waals surface area contributed by atoms with Crippen LogP contribution >= 0.6 is 0 Å². The molecule has 4 aromatic rings. The summed E-state index contributed by atoms with van der Waals surface area (Å²) in [5.41, 5.74) is 1.44. The molecule has 1 saturated heterocycles. The summed E-state index contributed by atoms with van der Waals surface area (Å²) in [5.74, 6) is 2.05. The number of anilines is 1. The van der Waals surface area contributed by atoms with Crippen LogP contribution in [0.15, 0.2) is 71.3 Å². The largest absolute Gasteiger partial charge is 0.496 e. The van der Waals surface area contributed by atoms with E-state index < -0.39 is 0 Å². The standard InChI is InChI=1S/C25H26N4O3/c1-31-23-9-5-3-7-21(23)25(30)27-24-10-13-26-29(24)19-11-14-28(15-12-19)17-20-16-18-6-2-4-8-22(18)32-20/h2-10,13,16,19H,11-12,14-15,17H2,1H3,(H,27,30). The monoisotopic (exact) mass is 430 g/mol. The van der Waals surface area contributed by atoms with Gasteiger partial charge in [-0.25, -0.2) is 4.68 Å². The molecule has 0 unspecified atom stereocenters. The van der Waals surface area contributed by atoms with Crippen LogP contribution in [0.4, 0.5) is 5.82 Å². The third kappa shape index (κ3) is 4.11. The fraction of sp³-hybridized carbons (Fsp3) is 0.280. The SMILES string of the molecule is COc1ccccc1C(=O)Nc1ccnn1C1CCN(Cc2cc3ccccc3o2)CC1. The lowest BCUT2D eigenvalue weighted by atomic mass is 10.1. The molecular formula is C25H26N4O3. The molecule has 164 valence electrons. The van der Waals surface area contributed by atoms with E-state index in [9.17, 15) is 4.79 Å². The Morgan fingerprint density at radius 3 is 2.72 bits per heavy atom. The van der Waals surface area contributed by atoms with Gasteiger partial charge in [-0.2, -0.15) is 5.10 Å². The molecule has 1 aliphatic rings. The van der Waals surface area contributed by atoms with Crippen LogP contribution in [0, 0.1) is 0 Å². The Morgan fingerprint density at radius 2 is 1.91 bits per heavy atom. The molecule has 1 amide bonds. The topological polar surface area (TPSA) is 72.5 Å². The third-order valence-corrected chi connectivity index (χ3v) is 6.02. The van der Waals surface area contributed by atoms with Crippen LogP contribution in [0.25, 0.3) is 11.0 Å². The van der Waals surface area contributed by atoms with Crippen molar-refractivity contribution in [3.8, 4) is 5.75 Å². The number of amides is 1. The van der Waals surface area contributed by atoms with Gasteiger partial charge in [-0.05, 0) is 37.1 Å². The zero-order valence-electron chi connectivity index (χ0n) is 18.0. The van der Waals surface area contributed by atoms with Gasteiger partial charge >= 0.3 is 0 Å². The zero-order chi connectivity index (χ0) is 21.9. The lowest BCUT2D eigenvalue weighted by Gasteiger charge is -2.32. The molecule has 5 rings (SSSR count). The molecule has 0 aliphatic carbocycles. The quantitative estimate of drug-likeness (QED) is 0.479. The highest BCUT2D eigenvalue weighted by Gasteiger charge is 2.24. The number of ether oxygens (including phenoxy) is 1. The number of fused-ring (bicyclic) bond motifs is 1. The zero-order valence-corrected chi connectivity index (χ0v) is 18.0. The number of nitrogens with zero attached hydrogens (tertiary/aromatic N) is 3. The van der Waals surface area contributed by atoms with Crippen LogP contribution in [0.3, 0.4) is 0 Å². The maximum Gasteiger partial charge on any atom is 0.260 e. The number of nitrogens with one attached hydrogen (secondary N) is 1. The Bertz CT molecular complexity index is 1190. The van der Waals surface area contributed by atoms with E-state index in [-0.39, 0.29) is 11.9 Å². The molecule has 7 heteroatoms. The maximum absolute atomic E-state index is 12.8. The number of hydrogen-bond acceptors (Lipinski definition) is 5. The molecule has 0 atom stereocenters. The molecule has 0 radical (unpaired) electrons. The molecule has 2 aromatic heterocycles. The summed E-state index contributed by atoms with van der Waals surface area (Å²) in [7, 11) is 1.56. The van der Waals surface area contributed by atoms with Crippen molar-refractivity contribution in [1.29, 1.82) is 0 Å². The van der Waals surface area contributed by atoms with E-state index >= 15 is 0 Å². The van der Waals surface area contributed by atoms with Gasteiger partial charge in [0.1, 0.15) is 22.9 Å². The van der Waals surface area contributed by atoms with Crippen molar-refractivity contribution >= 4 is 22.7 Å². The minimum absolute atomic E-state index is 0.202. The Kier molecular flexibility index (Phi) is 5.64. The van der Waals surface area contributed by atoms with E-state index in [0.29, 0.717) is 17.1 Å². The molecule has 32 heavy (non-hydrogen) atoms. The summed E-state index contributed by atoms with van der Waals surface area (Å²) in [5, 5.41) is 8.64. The molecule has 1 N–H and O–H groups in total. The molecule has 0 bridgehead atoms. The number of aromatic nitrogens is 2. The second kappa shape index (κ2) is 8.88. The summed E-state index contributed by atoms with van der Waals surface area (Å²) in [6.07, 6.45) is 3.65. The number of piperidine rings is 1. The van der Waals surface area contributed by atoms with Crippen LogP contribution in [-0.4, -0.2) is 40.8 Å². The fourth-order valence-electron chi connectivity index (χ4n) is 4.38. The molecule has 3 heterocycles. The van der Waals surface area contributed by atoms with Crippen LogP contribution in [0.2, 0.25) is 0 Å². The van der Waals surface area contributed by atoms with Crippen molar-refractivity contribution < 1.29 is 13.9 Å². The van der Waals surface area contributed by atoms with Gasteiger partial charge in [0.25, 0.3) is 5.91 Å². The predicted octanol–water partition coefficient (Wildman–Crippen LogP) is 4.73. The first-order chi connectivity index (χ1) is 15.7. The average molecular weight is 431 g/mol. The smallest absolute Gasteiger partial charge is 0.260 e. The highest BCUT2D eigenvalue weighted by molar-refractivity contribution is 6.05. The van der Waals surface area contributed by atoms with Crippen LogP contribution in [0.5, 0.6) is 5.75 Å². The predicted molar refractivity (Wildman–Crippen MR) is 123 cm³/mol. The second-order valence-electron chi connectivity index (χ2n) is 8.07. The number of likely N-dealkylation sites (tertiary alicyclic amines) is 1. The number of benzene rings is 2. The molecule has 0 spiro atoms. The fourth-order valence-corrected chi connectivity index (χ4v) is 4.38. The van der Waals surface area contributed by atoms with Gasteiger partial charge in [0.15, 0.2) is 0 Å². The van der Waals surface area contributed by atoms with Crippen molar-refractivity contribution in [2.45, 2.75) is 25.4 Å². The van der Waals surface area contributed by atoms with Gasteiger partial charge < -0.3 is 14.5 Å². The average Bonchev–Trinajstić information content (AvgIpc) is 3.46. The van der Waals surface area contributed by atoms with Crippen LogP contribution < -0.4 is 10.1 Å². The van der Waals surface area contributed by atoms with Crippen molar-refractivity contribution in [1.82, 2.24) is 14.7 Å². The van der Waals surface area contributed by atoms with Gasteiger partial charge in [0, 0.05) is 24.5 Å². The lowest BCUT2D eigenvalue weighted by molar-refractivity contribution is 0.102. The minimum atomic E-state index is -0.202. The molecule has 7 nitrogen and oxygen atoms in total. The third-order valence-electron chi connectivity index (χ3n) is 6.02. The molecule has 1 fully saturated rings. The first kappa shape index (κ1) is 20.3. The van der Waals surface area contributed by atoms with Crippen molar-refractivity contribution in [3.63, 3.8) is 0 Å². The van der Waals surface area contributed by atoms with Crippen molar-refractivity contribution in [2.75, 3.05) is 25.5 Å². The number of para-hydroxylation sites is 2. The number of hydrogen-bond donors (Lipinski definition) is 1. The Hall–Kier alpha value is -3.58. The summed E-state index contributed by atoms with van der Waals surface area (Å²) < 4.78 is 13.2. The number of furan rings is 1. The number of methoxy groups -OCH3 is 1. The highest BCUT2D eigenvalue weighted by atomic mass is 16.5. The summed E-state index contributed by atoms with van der Waals surface area (Å²) in [6, 6.07) is 19.5. The highest BCUT2D eigenvalue weighted by Crippen LogP contribution is 2.28. The van der Waals surface area contributed by atoms with Crippen molar-refractivity contribution in [2.24, 2.45) is 0 Å². The van der Waals surface area contributed by atoms with E-state index in [1.54, 1.807) is 25.4 Å². The maximum atomic E-state index is 12.8. The number of rotatable bonds is 6. The molecule has 0 saturated carbocycles. The van der Waals surface area contributed by atoms with E-state index in [4.69, 9.17) is 9.15 Å². The summed E-state index contributed by atoms with van der Waals surface area (Å²) in [4.78, 5) is 15.2. The second-order valence-corrected chi connectivity index (χ2v) is 8.07. The van der Waals surface area contributed by atoms with Gasteiger partial charge in [-0.15, -0.1) is 0 Å². The first-order valence-electron chi connectivity index (χ1n) is 10.9. The van der Waals surface area contributed by atoms with Gasteiger partial charge in [-0.3, -0.25) is 9.69 Å². The van der Waals surface area contributed by atoms with Crippen molar-refractivity contribution in [3.05, 3.63) is 78.2 Å². The van der Waals surface area contributed by atoms with E-state index in [1.807, 2.05) is 41.1 Å². The lowest BCUT2D eigenvalue weighted by Crippen LogP contribution is -2.34. The number of carbonyl (C=O) groups is 1. The van der Waals surface area contributed by atoms with E-state index in [0.717, 1.165) is 49.2 Å². The van der Waals surface area contributed by atoms with Crippen LogP contribution in [0.1, 0.15) is 35.0 Å². The first-order valence-corrected chi connectivity index (χ1v) is 10.9. The Labute approximate surface area is 186 Å². The van der Waals surface area contributed by atoms with E-state index in [2.05, 4.69) is 27.4 Å². The Balaban J connectivity index is 1.22. The molecule has 1 aliphatic heterocycles. The Morgan fingerprint density at radius 1 is 1.12 bits per heavy atom. The summed E-state index contributed by atoms with van der Waals surface area (Å²) >= 11 is 0. The van der Waals surface area contributed by atoms with E-state index in [1.165, 1.54) is 0 Å². The number of carbonyl (C=O) groups excluding carboxylic acids is 1. The van der Waals surface area contributed by atoms with Gasteiger partial charge in [0.2, 0.25) is 0 Å². The summed E-state index contributed by atoms with van der Waals surface area (Å²) in [6.45, 7) is 2.70. The van der Waals surface area contributed by atoms with Gasteiger partial charge in [-0.1, -0.05) is 30.3 Å². The normalized spacial score (nSPS) is 15.2. The molecule has 2 aromatic carbocycles. The minimum Gasteiger partial charge on any atom is -0.496 e. The van der Waals surface area contributed by atoms with Gasteiger partial charge in [0.05, 0.1) is 31.5 Å². The van der Waals surface area contributed by atoms with Crippen LogP contribution in [-0.2, 0) is 6.54 Å². The molecular weight excluding hydrogens is 404 g/mol.